The first-order valence-corrected chi connectivity index (χ1v) is 13.4. The maximum Gasteiger partial charge on any atom is 0.209 e. The lowest BCUT2D eigenvalue weighted by molar-refractivity contribution is 0.102. The van der Waals surface area contributed by atoms with Crippen molar-refractivity contribution < 1.29 is 31.5 Å². The monoisotopic (exact) mass is 590 g/mol. The van der Waals surface area contributed by atoms with Gasteiger partial charge in [0.15, 0.2) is 23.3 Å². The minimum absolute atomic E-state index is 0.0333. The first kappa shape index (κ1) is 29.7. The van der Waals surface area contributed by atoms with Gasteiger partial charge in [0.2, 0.25) is 17.4 Å². The van der Waals surface area contributed by atoms with Crippen LogP contribution in [0.25, 0.3) is 0 Å². The van der Waals surface area contributed by atoms with Crippen LogP contribution in [0.1, 0.15) is 86.9 Å². The van der Waals surface area contributed by atoms with Crippen LogP contribution in [-0.2, 0) is 5.41 Å². The van der Waals surface area contributed by atoms with Gasteiger partial charge in [-0.3, -0.25) is 9.59 Å². The molecule has 0 aliphatic rings. The Morgan fingerprint density at radius 1 is 0.581 bits per heavy atom. The fourth-order valence-corrected chi connectivity index (χ4v) is 4.92. The number of nitrogens with one attached hydrogen (secondary N) is 2. The van der Waals surface area contributed by atoms with E-state index in [2.05, 4.69) is 9.97 Å². The largest absolute Gasteiger partial charge is 0.355 e. The molecule has 9 heteroatoms. The number of aromatic nitrogens is 2. The summed E-state index contributed by atoms with van der Waals surface area (Å²) in [4.78, 5) is 32.0. The first-order chi connectivity index (χ1) is 20.3. The normalized spacial score (nSPS) is 12.4. The highest BCUT2D eigenvalue weighted by atomic mass is 19.2. The smallest absolute Gasteiger partial charge is 0.209 e. The van der Waals surface area contributed by atoms with Gasteiger partial charge in [-0.05, 0) is 42.2 Å². The molecule has 0 saturated heterocycles. The zero-order valence-electron chi connectivity index (χ0n) is 23.7. The van der Waals surface area contributed by atoms with Gasteiger partial charge in [0, 0.05) is 28.1 Å². The number of aromatic amines is 2. The van der Waals surface area contributed by atoms with E-state index in [1.165, 1.54) is 24.3 Å². The van der Waals surface area contributed by atoms with Crippen molar-refractivity contribution >= 4 is 11.6 Å². The lowest BCUT2D eigenvalue weighted by atomic mass is 9.86. The van der Waals surface area contributed by atoms with Crippen molar-refractivity contribution in [2.75, 3.05) is 0 Å². The summed E-state index contributed by atoms with van der Waals surface area (Å²) in [6.07, 6.45) is 0. The third kappa shape index (κ3) is 5.55. The predicted molar refractivity (Wildman–Crippen MR) is 152 cm³/mol. The van der Waals surface area contributed by atoms with Crippen molar-refractivity contribution in [2.24, 2.45) is 0 Å². The molecule has 1 unspecified atom stereocenters. The Labute approximate surface area is 244 Å². The fraction of sp³-hybridized carbons (Fsp3) is 0.176. The van der Waals surface area contributed by atoms with Crippen molar-refractivity contribution in [2.45, 2.75) is 39.0 Å². The van der Waals surface area contributed by atoms with Crippen LogP contribution < -0.4 is 0 Å². The number of rotatable bonds is 7. The van der Waals surface area contributed by atoms with Crippen molar-refractivity contribution in [3.63, 3.8) is 0 Å². The van der Waals surface area contributed by atoms with Crippen molar-refractivity contribution in [3.05, 3.63) is 152 Å². The van der Waals surface area contributed by atoms with Crippen LogP contribution >= 0.6 is 0 Å². The maximum atomic E-state index is 15.2. The summed E-state index contributed by atoms with van der Waals surface area (Å²) < 4.78 is 73.0. The summed E-state index contributed by atoms with van der Waals surface area (Å²) in [7, 11) is 0. The van der Waals surface area contributed by atoms with Crippen molar-refractivity contribution in [3.8, 4) is 0 Å². The summed E-state index contributed by atoms with van der Waals surface area (Å²) in [6, 6.07) is 19.0. The fourth-order valence-electron chi connectivity index (χ4n) is 4.92. The van der Waals surface area contributed by atoms with Crippen LogP contribution in [0.15, 0.2) is 72.8 Å². The summed E-state index contributed by atoms with van der Waals surface area (Å²) in [6.45, 7) is 7.94. The van der Waals surface area contributed by atoms with Crippen LogP contribution in [0.4, 0.5) is 22.0 Å². The number of H-pyrrole nitrogens is 2. The highest BCUT2D eigenvalue weighted by molar-refractivity contribution is 6.08. The minimum Gasteiger partial charge on any atom is -0.355 e. The molecule has 3 aromatic carbocycles. The Morgan fingerprint density at radius 2 is 0.977 bits per heavy atom. The molecule has 2 aromatic heterocycles. The molecule has 0 spiro atoms. The standard InChI is InChI=1S/C34H27F5N2O2/c1-17-5-7-18(8-6-17)32(42)23-15-13-21(40-23)25(26-27(35)29(37)31(39)30(38)28(26)36)22-14-16-24(41-22)33(43)19-9-11-20(12-10-19)34(2,3)4/h5-16,25,40-41H,1-4H3. The average Bonchev–Trinajstić information content (AvgIpc) is 3.67. The number of aryl methyl sites for hydroxylation is 1. The zero-order valence-corrected chi connectivity index (χ0v) is 23.7. The van der Waals surface area contributed by atoms with Gasteiger partial charge in [0.25, 0.3) is 0 Å². The van der Waals surface area contributed by atoms with E-state index in [4.69, 9.17) is 0 Å². The van der Waals surface area contributed by atoms with Crippen molar-refractivity contribution in [1.82, 2.24) is 9.97 Å². The first-order valence-electron chi connectivity index (χ1n) is 13.4. The van der Waals surface area contributed by atoms with Gasteiger partial charge >= 0.3 is 0 Å². The van der Waals surface area contributed by atoms with Crippen LogP contribution in [0.3, 0.4) is 0 Å². The molecule has 0 bridgehead atoms. The van der Waals surface area contributed by atoms with E-state index in [0.717, 1.165) is 11.1 Å². The van der Waals surface area contributed by atoms with Crippen LogP contribution in [0.5, 0.6) is 0 Å². The van der Waals surface area contributed by atoms with E-state index in [1.807, 2.05) is 39.8 Å². The summed E-state index contributed by atoms with van der Waals surface area (Å²) in [5.74, 6) is -13.1. The number of halogens is 5. The zero-order chi connectivity index (χ0) is 31.2. The molecule has 5 rings (SSSR count). The Balaban J connectivity index is 1.59. The molecular weight excluding hydrogens is 563 g/mol. The summed E-state index contributed by atoms with van der Waals surface area (Å²) >= 11 is 0. The molecule has 2 heterocycles. The van der Waals surface area contributed by atoms with Crippen LogP contribution in [0, 0.1) is 36.0 Å². The Bertz CT molecular complexity index is 1820. The maximum absolute atomic E-state index is 15.2. The van der Waals surface area contributed by atoms with Gasteiger partial charge in [-0.2, -0.15) is 0 Å². The van der Waals surface area contributed by atoms with E-state index < -0.39 is 52.1 Å². The lowest BCUT2D eigenvalue weighted by Crippen LogP contribution is -2.15. The van der Waals surface area contributed by atoms with Gasteiger partial charge in [0.1, 0.15) is 0 Å². The van der Waals surface area contributed by atoms with Crippen LogP contribution in [0.2, 0.25) is 0 Å². The molecule has 0 saturated carbocycles. The highest BCUT2D eigenvalue weighted by Crippen LogP contribution is 2.37. The second kappa shape index (κ2) is 11.1. The molecule has 0 amide bonds. The molecule has 4 nitrogen and oxygen atoms in total. The lowest BCUT2D eigenvalue weighted by Gasteiger charge is -2.19. The highest BCUT2D eigenvalue weighted by Gasteiger charge is 2.34. The van der Waals surface area contributed by atoms with Gasteiger partial charge in [-0.1, -0.05) is 74.9 Å². The number of ketones is 2. The van der Waals surface area contributed by atoms with Gasteiger partial charge in [-0.25, -0.2) is 22.0 Å². The Hall–Kier alpha value is -4.79. The number of hydrogen-bond donors (Lipinski definition) is 2. The van der Waals surface area contributed by atoms with E-state index in [0.29, 0.717) is 11.1 Å². The second-order valence-electron chi connectivity index (χ2n) is 11.4. The van der Waals surface area contributed by atoms with E-state index in [-0.39, 0.29) is 28.2 Å². The Kier molecular flexibility index (Phi) is 7.69. The molecular formula is C34H27F5N2O2. The number of carbonyl (C=O) groups is 2. The minimum atomic E-state index is -2.29. The molecule has 0 fully saturated rings. The SMILES string of the molecule is Cc1ccc(C(=O)c2ccc(C(c3ccc(C(=O)c4ccc(C(C)(C)C)cc4)[nH]3)c3c(F)c(F)c(F)c(F)c3F)[nH]2)cc1. The second-order valence-corrected chi connectivity index (χ2v) is 11.4. The molecule has 220 valence electrons. The number of carbonyl (C=O) groups excluding carboxylic acids is 2. The van der Waals surface area contributed by atoms with E-state index in [9.17, 15) is 22.8 Å². The molecule has 5 aromatic rings. The molecule has 43 heavy (non-hydrogen) atoms. The summed E-state index contributed by atoms with van der Waals surface area (Å²) in [5, 5.41) is 0. The molecule has 0 radical (unpaired) electrons. The molecule has 2 N–H and O–H groups in total. The quantitative estimate of drug-likeness (QED) is 0.0867. The average molecular weight is 591 g/mol. The third-order valence-corrected chi connectivity index (χ3v) is 7.39. The molecule has 0 aliphatic carbocycles. The number of hydrogen-bond acceptors (Lipinski definition) is 2. The van der Waals surface area contributed by atoms with Gasteiger partial charge in [-0.15, -0.1) is 0 Å². The van der Waals surface area contributed by atoms with Gasteiger partial charge in [0.05, 0.1) is 17.3 Å². The third-order valence-electron chi connectivity index (χ3n) is 7.39. The summed E-state index contributed by atoms with van der Waals surface area (Å²) in [5.41, 5.74) is 1.33. The van der Waals surface area contributed by atoms with Gasteiger partial charge < -0.3 is 9.97 Å². The topological polar surface area (TPSA) is 65.7 Å². The van der Waals surface area contributed by atoms with E-state index >= 15 is 8.78 Å². The Morgan fingerprint density at radius 3 is 1.40 bits per heavy atom. The molecule has 0 aliphatic heterocycles. The number of benzene rings is 3. The van der Waals surface area contributed by atoms with Crippen molar-refractivity contribution in [1.29, 1.82) is 0 Å². The van der Waals surface area contributed by atoms with Crippen LogP contribution in [-0.4, -0.2) is 21.5 Å². The molecule has 1 atom stereocenters. The predicted octanol–water partition coefficient (Wildman–Crippen LogP) is 8.29. The van der Waals surface area contributed by atoms with E-state index in [1.54, 1.807) is 36.4 Å².